The molecule has 2 aromatic carbocycles. The summed E-state index contributed by atoms with van der Waals surface area (Å²) in [5.74, 6) is 1.43. The molecule has 0 radical (unpaired) electrons. The number of rotatable bonds is 8. The van der Waals surface area contributed by atoms with E-state index in [2.05, 4.69) is 29.0 Å². The van der Waals surface area contributed by atoms with Gasteiger partial charge in [-0.05, 0) is 56.3 Å². The van der Waals surface area contributed by atoms with Crippen molar-refractivity contribution in [3.8, 4) is 11.5 Å². The highest BCUT2D eigenvalue weighted by molar-refractivity contribution is 6.35. The molecule has 0 bridgehead atoms. The number of halogens is 2. The third-order valence-electron chi connectivity index (χ3n) is 5.20. The molecule has 3 rings (SSSR count). The molecular weight excluding hydrogens is 395 g/mol. The Morgan fingerprint density at radius 3 is 2.36 bits per heavy atom. The van der Waals surface area contributed by atoms with Crippen LogP contribution in [0, 0.1) is 0 Å². The van der Waals surface area contributed by atoms with Gasteiger partial charge in [-0.1, -0.05) is 35.3 Å². The summed E-state index contributed by atoms with van der Waals surface area (Å²) in [4.78, 5) is 4.93. The number of hydrogen-bond donors (Lipinski definition) is 0. The highest BCUT2D eigenvalue weighted by Gasteiger charge is 2.14. The summed E-state index contributed by atoms with van der Waals surface area (Å²) in [6.07, 6.45) is 2.14. The van der Waals surface area contributed by atoms with Crippen LogP contribution in [0.5, 0.6) is 11.5 Å². The number of ether oxygens (including phenoxy) is 2. The second-order valence-corrected chi connectivity index (χ2v) is 8.04. The molecule has 4 nitrogen and oxygen atoms in total. The molecule has 0 aliphatic carbocycles. The lowest BCUT2D eigenvalue weighted by molar-refractivity contribution is 0.153. The molecule has 0 saturated carbocycles. The summed E-state index contributed by atoms with van der Waals surface area (Å²) in [6, 6.07) is 11.6. The summed E-state index contributed by atoms with van der Waals surface area (Å²) in [5.41, 5.74) is 2.03. The second kappa shape index (κ2) is 10.4. The molecular formula is C22H28Cl2N2O2. The Morgan fingerprint density at radius 1 is 0.964 bits per heavy atom. The van der Waals surface area contributed by atoms with E-state index in [-0.39, 0.29) is 0 Å². The van der Waals surface area contributed by atoms with Crippen molar-refractivity contribution in [2.45, 2.75) is 19.4 Å². The quantitative estimate of drug-likeness (QED) is 0.611. The van der Waals surface area contributed by atoms with E-state index < -0.39 is 0 Å². The van der Waals surface area contributed by atoms with Crippen molar-refractivity contribution in [1.82, 2.24) is 9.80 Å². The third-order valence-corrected chi connectivity index (χ3v) is 5.91. The summed E-state index contributed by atoms with van der Waals surface area (Å²) in [7, 11) is 3.84. The molecule has 0 atom stereocenters. The molecule has 0 amide bonds. The molecule has 152 valence electrons. The van der Waals surface area contributed by atoms with Crippen LogP contribution in [-0.2, 0) is 13.0 Å². The monoisotopic (exact) mass is 422 g/mol. The largest absolute Gasteiger partial charge is 0.493 e. The van der Waals surface area contributed by atoms with E-state index in [0.717, 1.165) is 56.9 Å². The Balaban J connectivity index is 1.58. The number of aryl methyl sites for hydroxylation is 1. The highest BCUT2D eigenvalue weighted by Crippen LogP contribution is 2.31. The predicted molar refractivity (Wildman–Crippen MR) is 116 cm³/mol. The van der Waals surface area contributed by atoms with Gasteiger partial charge in [0.2, 0.25) is 0 Å². The van der Waals surface area contributed by atoms with Gasteiger partial charge in [-0.2, -0.15) is 0 Å². The number of methoxy groups -OCH3 is 1. The summed E-state index contributed by atoms with van der Waals surface area (Å²) in [6.45, 7) is 6.07. The fraction of sp³-hybridized carbons (Fsp3) is 0.455. The first-order chi connectivity index (χ1) is 13.6. The summed E-state index contributed by atoms with van der Waals surface area (Å²) < 4.78 is 11.5. The average Bonchev–Trinajstić information content (AvgIpc) is 2.69. The average molecular weight is 423 g/mol. The van der Waals surface area contributed by atoms with E-state index in [0.29, 0.717) is 22.4 Å². The van der Waals surface area contributed by atoms with Crippen LogP contribution in [0.2, 0.25) is 10.0 Å². The van der Waals surface area contributed by atoms with E-state index in [1.54, 1.807) is 7.11 Å². The minimum absolute atomic E-state index is 0.305. The van der Waals surface area contributed by atoms with Crippen LogP contribution in [0.15, 0.2) is 36.4 Å². The second-order valence-electron chi connectivity index (χ2n) is 7.22. The first-order valence-electron chi connectivity index (χ1n) is 9.70. The Bertz CT molecular complexity index is 757. The van der Waals surface area contributed by atoms with E-state index >= 15 is 0 Å². The predicted octanol–water partition coefficient (Wildman–Crippen LogP) is 4.76. The molecule has 6 heteroatoms. The van der Waals surface area contributed by atoms with Gasteiger partial charge in [0.05, 0.1) is 7.11 Å². The Morgan fingerprint density at radius 2 is 1.68 bits per heavy atom. The zero-order valence-corrected chi connectivity index (χ0v) is 18.1. The first kappa shape index (κ1) is 21.3. The molecule has 1 aliphatic rings. The van der Waals surface area contributed by atoms with Gasteiger partial charge in [-0.15, -0.1) is 0 Å². The van der Waals surface area contributed by atoms with Crippen LogP contribution in [-0.4, -0.2) is 56.7 Å². The van der Waals surface area contributed by atoms with E-state index in [4.69, 9.17) is 32.7 Å². The van der Waals surface area contributed by atoms with Crippen LogP contribution >= 0.6 is 23.2 Å². The van der Waals surface area contributed by atoms with Crippen molar-refractivity contribution in [2.24, 2.45) is 0 Å². The van der Waals surface area contributed by atoms with Crippen molar-refractivity contribution in [1.29, 1.82) is 0 Å². The van der Waals surface area contributed by atoms with Crippen LogP contribution in [0.25, 0.3) is 0 Å². The van der Waals surface area contributed by atoms with Gasteiger partial charge in [0.1, 0.15) is 6.61 Å². The van der Waals surface area contributed by atoms with Gasteiger partial charge in [-0.25, -0.2) is 0 Å². The molecule has 1 saturated heterocycles. The number of likely N-dealkylation sites (N-methyl/N-ethyl adjacent to an activating group) is 1. The van der Waals surface area contributed by atoms with E-state index in [1.165, 1.54) is 5.56 Å². The van der Waals surface area contributed by atoms with E-state index in [9.17, 15) is 0 Å². The van der Waals surface area contributed by atoms with Crippen molar-refractivity contribution in [2.75, 3.05) is 46.9 Å². The molecule has 1 fully saturated rings. The number of hydrogen-bond acceptors (Lipinski definition) is 4. The Labute approximate surface area is 177 Å². The summed E-state index contributed by atoms with van der Waals surface area (Å²) in [5, 5.41) is 1.21. The normalized spacial score (nSPS) is 15.6. The van der Waals surface area contributed by atoms with Gasteiger partial charge in [0, 0.05) is 41.8 Å². The molecule has 1 heterocycles. The van der Waals surface area contributed by atoms with Crippen molar-refractivity contribution >= 4 is 23.2 Å². The zero-order valence-electron chi connectivity index (χ0n) is 16.6. The maximum atomic E-state index is 6.25. The minimum Gasteiger partial charge on any atom is -0.493 e. The first-order valence-corrected chi connectivity index (χ1v) is 10.5. The Kier molecular flexibility index (Phi) is 7.86. The highest BCUT2D eigenvalue weighted by atomic mass is 35.5. The van der Waals surface area contributed by atoms with Crippen molar-refractivity contribution < 1.29 is 9.47 Å². The Hall–Kier alpha value is -1.46. The fourth-order valence-corrected chi connectivity index (χ4v) is 3.89. The minimum atomic E-state index is 0.305. The van der Waals surface area contributed by atoms with Crippen LogP contribution < -0.4 is 9.47 Å². The standard InChI is InChI=1S/C22H28Cl2N2O2/c1-25-11-13-26(14-12-25)10-4-5-17-8-9-21(27-2)22(15-17)28-16-18-19(23)6-3-7-20(18)24/h3,6-9,15H,4-5,10-14,16H2,1-2H3. The van der Waals surface area contributed by atoms with Gasteiger partial charge >= 0.3 is 0 Å². The molecule has 1 aliphatic heterocycles. The van der Waals surface area contributed by atoms with Gasteiger partial charge in [0.15, 0.2) is 11.5 Å². The molecule has 0 unspecified atom stereocenters. The van der Waals surface area contributed by atoms with E-state index in [1.807, 2.05) is 24.3 Å². The third kappa shape index (κ3) is 5.77. The van der Waals surface area contributed by atoms with Gasteiger partial charge in [0.25, 0.3) is 0 Å². The van der Waals surface area contributed by atoms with Crippen molar-refractivity contribution in [3.05, 3.63) is 57.6 Å². The zero-order chi connectivity index (χ0) is 19.9. The topological polar surface area (TPSA) is 24.9 Å². The summed E-state index contributed by atoms with van der Waals surface area (Å²) >= 11 is 12.5. The van der Waals surface area contributed by atoms with Gasteiger partial charge < -0.3 is 19.3 Å². The molecule has 0 N–H and O–H groups in total. The molecule has 2 aromatic rings. The SMILES string of the molecule is COc1ccc(CCCN2CCN(C)CC2)cc1OCc1c(Cl)cccc1Cl. The lowest BCUT2D eigenvalue weighted by Crippen LogP contribution is -2.44. The maximum Gasteiger partial charge on any atom is 0.161 e. The lowest BCUT2D eigenvalue weighted by Gasteiger charge is -2.32. The molecule has 0 aromatic heterocycles. The number of benzene rings is 2. The van der Waals surface area contributed by atoms with Gasteiger partial charge in [-0.3, -0.25) is 0 Å². The lowest BCUT2D eigenvalue weighted by atomic mass is 10.1. The number of nitrogens with zero attached hydrogens (tertiary/aromatic N) is 2. The van der Waals surface area contributed by atoms with Crippen LogP contribution in [0.1, 0.15) is 17.5 Å². The van der Waals surface area contributed by atoms with Crippen molar-refractivity contribution in [3.63, 3.8) is 0 Å². The number of piperazine rings is 1. The molecule has 0 spiro atoms. The van der Waals surface area contributed by atoms with Crippen LogP contribution in [0.4, 0.5) is 0 Å². The van der Waals surface area contributed by atoms with Crippen LogP contribution in [0.3, 0.4) is 0 Å². The fourth-order valence-electron chi connectivity index (χ4n) is 3.39. The smallest absolute Gasteiger partial charge is 0.161 e. The molecule has 28 heavy (non-hydrogen) atoms. The maximum absolute atomic E-state index is 6.25.